The number of benzene rings is 2. The van der Waals surface area contributed by atoms with Gasteiger partial charge in [-0.3, -0.25) is 4.55 Å². The minimum atomic E-state index is -3.80. The molecule has 2 aromatic carbocycles. The zero-order valence-electron chi connectivity index (χ0n) is 17.0. The van der Waals surface area contributed by atoms with Gasteiger partial charge in [0.25, 0.3) is 10.1 Å². The molecule has 0 saturated carbocycles. The van der Waals surface area contributed by atoms with Crippen LogP contribution in [0.4, 0.5) is 4.39 Å². The van der Waals surface area contributed by atoms with Gasteiger partial charge in [0, 0.05) is 25.1 Å². The van der Waals surface area contributed by atoms with E-state index in [9.17, 15) is 12.8 Å². The smallest absolute Gasteiger partial charge is 0.266 e. The van der Waals surface area contributed by atoms with E-state index in [4.69, 9.17) is 24.5 Å². The van der Waals surface area contributed by atoms with Gasteiger partial charge in [-0.05, 0) is 48.7 Å². The number of hydrogen-bond acceptors (Lipinski definition) is 7. The van der Waals surface area contributed by atoms with Crippen LogP contribution in [0.1, 0.15) is 17.9 Å². The highest BCUT2D eigenvalue weighted by Crippen LogP contribution is 2.36. The van der Waals surface area contributed by atoms with Gasteiger partial charge >= 0.3 is 0 Å². The van der Waals surface area contributed by atoms with Gasteiger partial charge in [0.05, 0.1) is 12.4 Å². The Bertz CT molecular complexity index is 955. The van der Waals surface area contributed by atoms with Crippen LogP contribution in [-0.4, -0.2) is 51.8 Å². The molecule has 0 spiro atoms. The summed E-state index contributed by atoms with van der Waals surface area (Å²) in [5, 5.41) is 3.43. The summed E-state index contributed by atoms with van der Waals surface area (Å²) in [5.74, 6) is 2.43. The lowest BCUT2D eigenvalue weighted by Gasteiger charge is -2.32. The fourth-order valence-corrected chi connectivity index (χ4v) is 3.86. The highest BCUT2D eigenvalue weighted by molar-refractivity contribution is 7.85. The van der Waals surface area contributed by atoms with E-state index in [1.807, 2.05) is 30.3 Å². The number of piperidine rings is 1. The molecule has 2 aliphatic rings. The summed E-state index contributed by atoms with van der Waals surface area (Å²) in [6.07, 6.45) is 1.03. The molecule has 10 heteroatoms. The summed E-state index contributed by atoms with van der Waals surface area (Å²) >= 11 is 0. The summed E-state index contributed by atoms with van der Waals surface area (Å²) in [6, 6.07) is 12.5. The van der Waals surface area contributed by atoms with Gasteiger partial charge < -0.3 is 25.3 Å². The van der Waals surface area contributed by atoms with Crippen molar-refractivity contribution in [1.82, 2.24) is 5.32 Å². The van der Waals surface area contributed by atoms with Crippen LogP contribution in [0, 0.1) is 11.7 Å². The van der Waals surface area contributed by atoms with Gasteiger partial charge in [-0.2, -0.15) is 8.42 Å². The van der Waals surface area contributed by atoms with Crippen LogP contribution in [0.2, 0.25) is 0 Å². The lowest BCUT2D eigenvalue weighted by Crippen LogP contribution is -2.38. The Balaban J connectivity index is 0.000000339. The number of fused-ring (bicyclic) bond motifs is 1. The van der Waals surface area contributed by atoms with Gasteiger partial charge in [-0.25, -0.2) is 4.39 Å². The molecule has 0 amide bonds. The SMILES string of the molecule is Fc1ccc([C@@H]2CCNC[C@H]2COc2ccc3c(c2)OCO3)cc1.NCCS(=O)(=O)O. The Morgan fingerprint density at radius 2 is 1.90 bits per heavy atom. The molecule has 1 fully saturated rings. The molecular formula is C21H27FN2O6S. The molecule has 0 bridgehead atoms. The van der Waals surface area contributed by atoms with Crippen LogP contribution >= 0.6 is 0 Å². The second-order valence-corrected chi connectivity index (χ2v) is 8.88. The molecule has 170 valence electrons. The van der Waals surface area contributed by atoms with Crippen LogP contribution in [0.15, 0.2) is 42.5 Å². The van der Waals surface area contributed by atoms with Gasteiger partial charge in [0.15, 0.2) is 11.5 Å². The molecule has 8 nitrogen and oxygen atoms in total. The number of halogens is 1. The van der Waals surface area contributed by atoms with Crippen LogP contribution in [0.3, 0.4) is 0 Å². The molecule has 4 rings (SSSR count). The first-order valence-electron chi connectivity index (χ1n) is 9.99. The average Bonchev–Trinajstić information content (AvgIpc) is 3.21. The first kappa shape index (κ1) is 23.3. The molecule has 1 saturated heterocycles. The minimum Gasteiger partial charge on any atom is -0.493 e. The highest BCUT2D eigenvalue weighted by atomic mass is 32.2. The number of rotatable bonds is 6. The highest BCUT2D eigenvalue weighted by Gasteiger charge is 2.27. The zero-order valence-corrected chi connectivity index (χ0v) is 17.8. The van der Waals surface area contributed by atoms with Gasteiger partial charge in [0.2, 0.25) is 6.79 Å². The third-order valence-electron chi connectivity index (χ3n) is 5.09. The number of ether oxygens (including phenoxy) is 3. The van der Waals surface area contributed by atoms with Gasteiger partial charge in [0.1, 0.15) is 11.6 Å². The lowest BCUT2D eigenvalue weighted by atomic mass is 9.81. The van der Waals surface area contributed by atoms with E-state index in [-0.39, 0.29) is 24.9 Å². The van der Waals surface area contributed by atoms with E-state index in [1.54, 1.807) is 0 Å². The van der Waals surface area contributed by atoms with Crippen molar-refractivity contribution in [1.29, 1.82) is 0 Å². The van der Waals surface area contributed by atoms with Crippen LogP contribution in [0.25, 0.3) is 0 Å². The predicted octanol–water partition coefficient (Wildman–Crippen LogP) is 2.16. The van der Waals surface area contributed by atoms with Crippen LogP contribution in [0.5, 0.6) is 17.2 Å². The average molecular weight is 455 g/mol. The first-order chi connectivity index (χ1) is 14.9. The van der Waals surface area contributed by atoms with Crippen molar-refractivity contribution in [3.63, 3.8) is 0 Å². The summed E-state index contributed by atoms with van der Waals surface area (Å²) in [4.78, 5) is 0. The fourth-order valence-electron chi connectivity index (χ4n) is 3.57. The van der Waals surface area contributed by atoms with Crippen molar-refractivity contribution in [2.45, 2.75) is 12.3 Å². The normalized spacial score (nSPS) is 20.0. The van der Waals surface area contributed by atoms with Gasteiger partial charge in [-0.15, -0.1) is 0 Å². The van der Waals surface area contributed by atoms with E-state index in [0.29, 0.717) is 18.4 Å². The summed E-state index contributed by atoms with van der Waals surface area (Å²) < 4.78 is 57.2. The molecule has 4 N–H and O–H groups in total. The van der Waals surface area contributed by atoms with E-state index < -0.39 is 10.1 Å². The maximum Gasteiger partial charge on any atom is 0.266 e. The standard InChI is InChI=1S/C19H20FNO3.C2H7NO3S/c20-15-3-1-13(2-4-15)17-7-8-21-10-14(17)11-22-16-5-6-18-19(9-16)24-12-23-18;3-1-2-7(4,5)6/h1-6,9,14,17,21H,7-8,10-12H2;1-3H2,(H,4,5,6)/t14-,17-;/m0./s1. The monoisotopic (exact) mass is 454 g/mol. The van der Waals surface area contributed by atoms with Gasteiger partial charge in [-0.1, -0.05) is 12.1 Å². The Morgan fingerprint density at radius 3 is 2.58 bits per heavy atom. The van der Waals surface area contributed by atoms with Crippen LogP contribution < -0.4 is 25.3 Å². The molecule has 0 unspecified atom stereocenters. The van der Waals surface area contributed by atoms with Crippen molar-refractivity contribution < 1.29 is 31.6 Å². The minimum absolute atomic E-state index is 0.0289. The number of nitrogens with one attached hydrogen (secondary N) is 1. The first-order valence-corrected chi connectivity index (χ1v) is 11.6. The predicted molar refractivity (Wildman–Crippen MR) is 114 cm³/mol. The molecule has 31 heavy (non-hydrogen) atoms. The van der Waals surface area contributed by atoms with Crippen LogP contribution in [-0.2, 0) is 10.1 Å². The largest absolute Gasteiger partial charge is 0.493 e. The number of nitrogens with two attached hydrogens (primary N) is 1. The van der Waals surface area contributed by atoms with Crippen molar-refractivity contribution in [3.8, 4) is 17.2 Å². The molecule has 2 heterocycles. The maximum atomic E-state index is 13.2. The van der Waals surface area contributed by atoms with Crippen molar-refractivity contribution in [3.05, 3.63) is 53.8 Å². The summed E-state index contributed by atoms with van der Waals surface area (Å²) in [6.45, 7) is 2.71. The third kappa shape index (κ3) is 7.06. The molecular weight excluding hydrogens is 427 g/mol. The van der Waals surface area contributed by atoms with E-state index in [1.165, 1.54) is 17.7 Å². The second kappa shape index (κ2) is 10.8. The third-order valence-corrected chi connectivity index (χ3v) is 5.84. The molecule has 0 aliphatic carbocycles. The van der Waals surface area contributed by atoms with Crippen molar-refractivity contribution in [2.75, 3.05) is 38.8 Å². The zero-order chi connectivity index (χ0) is 22.3. The van der Waals surface area contributed by atoms with Crippen molar-refractivity contribution in [2.24, 2.45) is 11.7 Å². The van der Waals surface area contributed by atoms with E-state index in [0.717, 1.165) is 36.8 Å². The molecule has 0 aromatic heterocycles. The molecule has 0 radical (unpaired) electrons. The maximum absolute atomic E-state index is 13.2. The fraction of sp³-hybridized carbons (Fsp3) is 0.429. The Labute approximate surface area is 181 Å². The Kier molecular flexibility index (Phi) is 8.08. The lowest BCUT2D eigenvalue weighted by molar-refractivity contribution is 0.173. The number of hydrogen-bond donors (Lipinski definition) is 3. The quantitative estimate of drug-likeness (QED) is 0.568. The Hall–Kier alpha value is -2.40. The van der Waals surface area contributed by atoms with E-state index in [2.05, 4.69) is 5.32 Å². The van der Waals surface area contributed by atoms with Crippen molar-refractivity contribution >= 4 is 10.1 Å². The Morgan fingerprint density at radius 1 is 1.16 bits per heavy atom. The molecule has 2 aromatic rings. The second-order valence-electron chi connectivity index (χ2n) is 7.31. The summed E-state index contributed by atoms with van der Waals surface area (Å²) in [7, 11) is -3.80. The molecule has 2 atom stereocenters. The summed E-state index contributed by atoms with van der Waals surface area (Å²) in [5.41, 5.74) is 5.95. The molecule has 2 aliphatic heterocycles. The topological polar surface area (TPSA) is 120 Å². The van der Waals surface area contributed by atoms with E-state index >= 15 is 0 Å².